The molecular weight excluding hydrogens is 316 g/mol. The summed E-state index contributed by atoms with van der Waals surface area (Å²) >= 11 is 0. The van der Waals surface area contributed by atoms with Crippen LogP contribution in [0.4, 0.5) is 5.69 Å². The average molecular weight is 332 g/mol. The average Bonchev–Trinajstić information content (AvgIpc) is 3.16. The van der Waals surface area contributed by atoms with Gasteiger partial charge in [-0.2, -0.15) is 9.61 Å². The van der Waals surface area contributed by atoms with Crippen molar-refractivity contribution >= 4 is 11.3 Å². The molecule has 0 unspecified atom stereocenters. The number of ether oxygens (including phenoxy) is 1. The summed E-state index contributed by atoms with van der Waals surface area (Å²) < 4.78 is 6.89. The van der Waals surface area contributed by atoms with Crippen LogP contribution in [0.5, 0.6) is 5.75 Å². The van der Waals surface area contributed by atoms with Gasteiger partial charge in [-0.3, -0.25) is 4.98 Å². The van der Waals surface area contributed by atoms with Crippen LogP contribution >= 0.6 is 0 Å². The summed E-state index contributed by atoms with van der Waals surface area (Å²) in [5.74, 6) is 0.810. The molecule has 7 nitrogen and oxygen atoms in total. The standard InChI is InChI=1S/C18H16N6O/c1-25-15-4-2-14(3-5-15)16-10-17(18-22-21-12-24(18)23-16)20-11-13-6-8-19-9-7-13/h2-10,12,20H,11H2,1H3. The molecule has 25 heavy (non-hydrogen) atoms. The Labute approximate surface area is 144 Å². The number of pyridine rings is 1. The van der Waals surface area contributed by atoms with Crippen molar-refractivity contribution in [2.24, 2.45) is 0 Å². The lowest BCUT2D eigenvalue weighted by Gasteiger charge is -2.10. The van der Waals surface area contributed by atoms with Crippen molar-refractivity contribution in [2.45, 2.75) is 6.54 Å². The van der Waals surface area contributed by atoms with Gasteiger partial charge in [-0.05, 0) is 48.0 Å². The fraction of sp³-hybridized carbons (Fsp3) is 0.111. The van der Waals surface area contributed by atoms with E-state index in [-0.39, 0.29) is 0 Å². The molecule has 4 rings (SSSR count). The normalized spacial score (nSPS) is 10.8. The monoisotopic (exact) mass is 332 g/mol. The molecule has 0 fully saturated rings. The van der Waals surface area contributed by atoms with Crippen molar-refractivity contribution in [1.82, 2.24) is 24.8 Å². The summed E-state index contributed by atoms with van der Waals surface area (Å²) in [6.45, 7) is 0.664. The molecule has 0 aliphatic carbocycles. The van der Waals surface area contributed by atoms with E-state index in [1.807, 2.05) is 42.5 Å². The molecule has 124 valence electrons. The Morgan fingerprint density at radius 2 is 1.88 bits per heavy atom. The van der Waals surface area contributed by atoms with Crippen molar-refractivity contribution in [3.05, 3.63) is 66.7 Å². The Hall–Kier alpha value is -3.48. The third kappa shape index (κ3) is 3.12. The zero-order valence-corrected chi connectivity index (χ0v) is 13.6. The second kappa shape index (κ2) is 6.56. The number of methoxy groups -OCH3 is 1. The predicted octanol–water partition coefficient (Wildman–Crippen LogP) is 2.81. The first-order valence-electron chi connectivity index (χ1n) is 7.82. The van der Waals surface area contributed by atoms with E-state index in [2.05, 4.69) is 25.6 Å². The molecule has 0 spiro atoms. The minimum Gasteiger partial charge on any atom is -0.497 e. The number of nitrogens with one attached hydrogen (secondary N) is 1. The predicted molar refractivity (Wildman–Crippen MR) is 94.3 cm³/mol. The molecule has 0 bridgehead atoms. The number of benzene rings is 1. The summed E-state index contributed by atoms with van der Waals surface area (Å²) in [6, 6.07) is 13.7. The number of aromatic nitrogens is 5. The van der Waals surface area contributed by atoms with Crippen LogP contribution in [0.15, 0.2) is 61.2 Å². The van der Waals surface area contributed by atoms with Gasteiger partial charge in [-0.1, -0.05) is 0 Å². The van der Waals surface area contributed by atoms with Gasteiger partial charge in [0.2, 0.25) is 5.65 Å². The van der Waals surface area contributed by atoms with Gasteiger partial charge in [0, 0.05) is 24.5 Å². The summed E-state index contributed by atoms with van der Waals surface area (Å²) in [5, 5.41) is 16.1. The fourth-order valence-corrected chi connectivity index (χ4v) is 2.56. The molecule has 0 saturated heterocycles. The molecule has 4 aromatic rings. The topological polar surface area (TPSA) is 77.2 Å². The van der Waals surface area contributed by atoms with Crippen LogP contribution in [0.1, 0.15) is 5.56 Å². The van der Waals surface area contributed by atoms with Crippen LogP contribution in [0.2, 0.25) is 0 Å². The minimum absolute atomic E-state index is 0.664. The van der Waals surface area contributed by atoms with E-state index >= 15 is 0 Å². The quantitative estimate of drug-likeness (QED) is 0.605. The summed E-state index contributed by atoms with van der Waals surface area (Å²) in [4.78, 5) is 4.04. The number of nitrogens with zero attached hydrogens (tertiary/aromatic N) is 5. The molecule has 3 aromatic heterocycles. The molecule has 0 aliphatic heterocycles. The van der Waals surface area contributed by atoms with Gasteiger partial charge in [0.1, 0.15) is 12.1 Å². The summed E-state index contributed by atoms with van der Waals surface area (Å²) in [7, 11) is 1.65. The van der Waals surface area contributed by atoms with E-state index in [0.717, 1.165) is 28.3 Å². The van der Waals surface area contributed by atoms with E-state index in [0.29, 0.717) is 12.2 Å². The van der Waals surface area contributed by atoms with E-state index in [4.69, 9.17) is 4.74 Å². The third-order valence-electron chi connectivity index (χ3n) is 3.89. The largest absolute Gasteiger partial charge is 0.497 e. The SMILES string of the molecule is COc1ccc(-c2cc(NCc3ccncc3)c3nncn3n2)cc1. The highest BCUT2D eigenvalue weighted by Crippen LogP contribution is 2.25. The van der Waals surface area contributed by atoms with Gasteiger partial charge >= 0.3 is 0 Å². The second-order valence-electron chi connectivity index (χ2n) is 5.48. The van der Waals surface area contributed by atoms with Gasteiger partial charge in [-0.25, -0.2) is 0 Å². The molecule has 3 heterocycles. The Bertz CT molecular complexity index is 982. The van der Waals surface area contributed by atoms with Crippen molar-refractivity contribution < 1.29 is 4.74 Å². The molecular formula is C18H16N6O. The Kier molecular flexibility index (Phi) is 3.96. The van der Waals surface area contributed by atoms with Gasteiger partial charge in [0.15, 0.2) is 0 Å². The number of hydrogen-bond donors (Lipinski definition) is 1. The highest BCUT2D eigenvalue weighted by atomic mass is 16.5. The van der Waals surface area contributed by atoms with Crippen LogP contribution < -0.4 is 10.1 Å². The fourth-order valence-electron chi connectivity index (χ4n) is 2.56. The zero-order valence-electron chi connectivity index (χ0n) is 13.6. The van der Waals surface area contributed by atoms with Crippen molar-refractivity contribution in [2.75, 3.05) is 12.4 Å². The number of rotatable bonds is 5. The first-order chi connectivity index (χ1) is 12.3. The maximum atomic E-state index is 5.21. The van der Waals surface area contributed by atoms with Gasteiger partial charge in [0.05, 0.1) is 18.5 Å². The first kappa shape index (κ1) is 15.1. The van der Waals surface area contributed by atoms with Crippen LogP contribution in [-0.2, 0) is 6.54 Å². The van der Waals surface area contributed by atoms with Gasteiger partial charge in [0.25, 0.3) is 0 Å². The second-order valence-corrected chi connectivity index (χ2v) is 5.48. The van der Waals surface area contributed by atoms with Crippen molar-refractivity contribution in [1.29, 1.82) is 0 Å². The lowest BCUT2D eigenvalue weighted by atomic mass is 10.1. The minimum atomic E-state index is 0.664. The molecule has 1 N–H and O–H groups in total. The Morgan fingerprint density at radius 3 is 2.64 bits per heavy atom. The number of fused-ring (bicyclic) bond motifs is 1. The number of hydrogen-bond acceptors (Lipinski definition) is 6. The third-order valence-corrected chi connectivity index (χ3v) is 3.89. The van der Waals surface area contributed by atoms with E-state index in [9.17, 15) is 0 Å². The Morgan fingerprint density at radius 1 is 1.08 bits per heavy atom. The maximum Gasteiger partial charge on any atom is 0.200 e. The van der Waals surface area contributed by atoms with Gasteiger partial charge in [-0.15, -0.1) is 10.2 Å². The molecule has 0 saturated carbocycles. The van der Waals surface area contributed by atoms with Crippen molar-refractivity contribution in [3.63, 3.8) is 0 Å². The maximum absolute atomic E-state index is 5.21. The van der Waals surface area contributed by atoms with Crippen LogP contribution in [0, 0.1) is 0 Å². The molecule has 0 radical (unpaired) electrons. The molecule has 0 aliphatic rings. The van der Waals surface area contributed by atoms with E-state index in [1.165, 1.54) is 0 Å². The van der Waals surface area contributed by atoms with E-state index in [1.54, 1.807) is 30.3 Å². The van der Waals surface area contributed by atoms with Crippen molar-refractivity contribution in [3.8, 4) is 17.0 Å². The molecule has 0 amide bonds. The molecule has 7 heteroatoms. The van der Waals surface area contributed by atoms with Crippen LogP contribution in [0.3, 0.4) is 0 Å². The summed E-state index contributed by atoms with van der Waals surface area (Å²) in [5.41, 5.74) is 4.51. The summed E-state index contributed by atoms with van der Waals surface area (Å²) in [6.07, 6.45) is 5.15. The first-order valence-corrected chi connectivity index (χ1v) is 7.82. The van der Waals surface area contributed by atoms with Gasteiger partial charge < -0.3 is 10.1 Å². The number of anilines is 1. The smallest absolute Gasteiger partial charge is 0.200 e. The molecule has 0 atom stereocenters. The van der Waals surface area contributed by atoms with E-state index < -0.39 is 0 Å². The Balaban J connectivity index is 1.69. The molecule has 1 aromatic carbocycles. The zero-order chi connectivity index (χ0) is 17.1. The highest BCUT2D eigenvalue weighted by molar-refractivity contribution is 5.73. The highest BCUT2D eigenvalue weighted by Gasteiger charge is 2.10. The van der Waals surface area contributed by atoms with Crippen LogP contribution in [0.25, 0.3) is 16.9 Å². The lowest BCUT2D eigenvalue weighted by Crippen LogP contribution is -2.04. The van der Waals surface area contributed by atoms with Crippen LogP contribution in [-0.4, -0.2) is 31.9 Å². The lowest BCUT2D eigenvalue weighted by molar-refractivity contribution is 0.415.